The van der Waals surface area contributed by atoms with Gasteiger partial charge in [-0.15, -0.1) is 0 Å². The smallest absolute Gasteiger partial charge is 0.243 e. The second kappa shape index (κ2) is 8.45. The number of sulfonamides is 1. The van der Waals surface area contributed by atoms with E-state index in [-0.39, 0.29) is 5.91 Å². The van der Waals surface area contributed by atoms with Crippen LogP contribution in [0.3, 0.4) is 0 Å². The summed E-state index contributed by atoms with van der Waals surface area (Å²) in [7, 11) is -3.51. The molecule has 28 heavy (non-hydrogen) atoms. The molecule has 150 valence electrons. The van der Waals surface area contributed by atoms with Crippen LogP contribution in [0.5, 0.6) is 0 Å². The van der Waals surface area contributed by atoms with Crippen LogP contribution in [0, 0.1) is 20.8 Å². The first-order valence-electron chi connectivity index (χ1n) is 9.68. The topological polar surface area (TPSA) is 57.7 Å². The monoisotopic (exact) mass is 400 g/mol. The van der Waals surface area contributed by atoms with Crippen molar-refractivity contribution in [1.82, 2.24) is 9.21 Å². The predicted octanol–water partition coefficient (Wildman–Crippen LogP) is 3.08. The molecule has 1 saturated heterocycles. The molecule has 0 atom stereocenters. The Balaban J connectivity index is 1.56. The average molecular weight is 401 g/mol. The van der Waals surface area contributed by atoms with E-state index in [1.54, 1.807) is 17.0 Å². The molecule has 0 N–H and O–H groups in total. The van der Waals surface area contributed by atoms with Crippen LogP contribution in [-0.2, 0) is 21.2 Å². The highest BCUT2D eigenvalue weighted by atomic mass is 32.2. The van der Waals surface area contributed by atoms with E-state index >= 15 is 0 Å². The van der Waals surface area contributed by atoms with Crippen LogP contribution in [0.1, 0.15) is 28.7 Å². The van der Waals surface area contributed by atoms with Gasteiger partial charge in [0.1, 0.15) is 0 Å². The highest BCUT2D eigenvalue weighted by Gasteiger charge is 2.30. The highest BCUT2D eigenvalue weighted by molar-refractivity contribution is 7.89. The van der Waals surface area contributed by atoms with E-state index in [0.29, 0.717) is 43.9 Å². The Hall–Kier alpha value is -2.18. The third-order valence-electron chi connectivity index (χ3n) is 5.46. The summed E-state index contributed by atoms with van der Waals surface area (Å²) < 4.78 is 27.3. The summed E-state index contributed by atoms with van der Waals surface area (Å²) in [5, 5.41) is 0. The number of amides is 1. The summed E-state index contributed by atoms with van der Waals surface area (Å²) in [5.74, 6) is 0.0869. The molecule has 0 spiro atoms. The normalized spacial score (nSPS) is 15.6. The van der Waals surface area contributed by atoms with E-state index in [2.05, 4.69) is 24.3 Å². The fourth-order valence-corrected chi connectivity index (χ4v) is 4.87. The Kier molecular flexibility index (Phi) is 6.20. The zero-order chi connectivity index (χ0) is 20.3. The molecule has 6 heteroatoms. The fraction of sp³-hybridized carbons (Fsp3) is 0.409. The largest absolute Gasteiger partial charge is 0.340 e. The predicted molar refractivity (Wildman–Crippen MR) is 111 cm³/mol. The maximum Gasteiger partial charge on any atom is 0.243 e. The molecule has 2 aromatic carbocycles. The molecule has 1 heterocycles. The second-order valence-corrected chi connectivity index (χ2v) is 9.45. The number of benzene rings is 2. The van der Waals surface area contributed by atoms with Crippen LogP contribution >= 0.6 is 0 Å². The van der Waals surface area contributed by atoms with Crippen molar-refractivity contribution >= 4 is 15.9 Å². The quantitative estimate of drug-likeness (QED) is 0.775. The molecule has 0 aliphatic carbocycles. The molecule has 0 saturated carbocycles. The van der Waals surface area contributed by atoms with Gasteiger partial charge in [-0.3, -0.25) is 4.79 Å². The standard InChI is InChI=1S/C22H28N2O3S/c1-17-4-7-20(8-5-17)9-11-22(25)23-12-14-24(15-13-23)28(26,27)21-10-6-18(2)19(3)16-21/h4-8,10,16H,9,11-15H2,1-3H3. The van der Waals surface area contributed by atoms with E-state index < -0.39 is 10.0 Å². The van der Waals surface area contributed by atoms with Gasteiger partial charge in [-0.1, -0.05) is 35.9 Å². The van der Waals surface area contributed by atoms with Crippen molar-refractivity contribution in [3.05, 3.63) is 64.7 Å². The van der Waals surface area contributed by atoms with Gasteiger partial charge in [-0.25, -0.2) is 8.42 Å². The molecule has 0 unspecified atom stereocenters. The van der Waals surface area contributed by atoms with Crippen molar-refractivity contribution in [3.8, 4) is 0 Å². The summed E-state index contributed by atoms with van der Waals surface area (Å²) in [6, 6.07) is 13.4. The molecule has 0 radical (unpaired) electrons. The van der Waals surface area contributed by atoms with Crippen LogP contribution in [-0.4, -0.2) is 49.7 Å². The van der Waals surface area contributed by atoms with Gasteiger partial charge in [0.2, 0.25) is 15.9 Å². The second-order valence-electron chi connectivity index (χ2n) is 7.52. The molecule has 3 rings (SSSR count). The first kappa shape index (κ1) is 20.6. The minimum atomic E-state index is -3.51. The number of piperazine rings is 1. The lowest BCUT2D eigenvalue weighted by Gasteiger charge is -2.34. The van der Waals surface area contributed by atoms with Gasteiger partial charge in [-0.05, 0) is 56.0 Å². The zero-order valence-electron chi connectivity index (χ0n) is 16.8. The third kappa shape index (κ3) is 4.62. The molecular weight excluding hydrogens is 372 g/mol. The maximum absolute atomic E-state index is 12.9. The molecule has 0 aromatic heterocycles. The molecule has 1 aliphatic heterocycles. The number of aryl methyl sites for hydroxylation is 4. The Bertz CT molecular complexity index is 944. The lowest BCUT2D eigenvalue weighted by Crippen LogP contribution is -2.50. The highest BCUT2D eigenvalue weighted by Crippen LogP contribution is 2.21. The minimum absolute atomic E-state index is 0.0869. The van der Waals surface area contributed by atoms with Crippen molar-refractivity contribution in [2.75, 3.05) is 26.2 Å². The maximum atomic E-state index is 12.9. The first-order chi connectivity index (χ1) is 13.3. The summed E-state index contributed by atoms with van der Waals surface area (Å²) in [5.41, 5.74) is 4.39. The van der Waals surface area contributed by atoms with Gasteiger partial charge in [0.25, 0.3) is 0 Å². The molecular formula is C22H28N2O3S. The van der Waals surface area contributed by atoms with E-state index in [4.69, 9.17) is 0 Å². The SMILES string of the molecule is Cc1ccc(CCC(=O)N2CCN(S(=O)(=O)c3ccc(C)c(C)c3)CC2)cc1. The Morgan fingerprint density at radius 1 is 0.893 bits per heavy atom. The van der Waals surface area contributed by atoms with Crippen molar-refractivity contribution in [1.29, 1.82) is 0 Å². The number of carbonyl (C=O) groups excluding carboxylic acids is 1. The van der Waals surface area contributed by atoms with Crippen LogP contribution in [0.15, 0.2) is 47.4 Å². The van der Waals surface area contributed by atoms with Gasteiger partial charge >= 0.3 is 0 Å². The number of nitrogens with zero attached hydrogens (tertiary/aromatic N) is 2. The summed E-state index contributed by atoms with van der Waals surface area (Å²) in [6.07, 6.45) is 1.16. The Morgan fingerprint density at radius 3 is 2.14 bits per heavy atom. The van der Waals surface area contributed by atoms with Crippen LogP contribution in [0.4, 0.5) is 0 Å². The van der Waals surface area contributed by atoms with Crippen LogP contribution < -0.4 is 0 Å². The van der Waals surface area contributed by atoms with Gasteiger partial charge in [0, 0.05) is 32.6 Å². The Morgan fingerprint density at radius 2 is 1.54 bits per heavy atom. The van der Waals surface area contributed by atoms with Gasteiger partial charge in [0.05, 0.1) is 4.90 Å². The average Bonchev–Trinajstić information content (AvgIpc) is 2.69. The molecule has 5 nitrogen and oxygen atoms in total. The van der Waals surface area contributed by atoms with Crippen molar-refractivity contribution in [3.63, 3.8) is 0 Å². The minimum Gasteiger partial charge on any atom is -0.340 e. The molecule has 2 aromatic rings. The van der Waals surface area contributed by atoms with E-state index in [9.17, 15) is 13.2 Å². The van der Waals surface area contributed by atoms with Gasteiger partial charge < -0.3 is 4.90 Å². The lowest BCUT2D eigenvalue weighted by molar-refractivity contribution is -0.132. The van der Waals surface area contributed by atoms with Crippen LogP contribution in [0.2, 0.25) is 0 Å². The fourth-order valence-electron chi connectivity index (χ4n) is 3.37. The Labute approximate surface area is 168 Å². The number of hydrogen-bond acceptors (Lipinski definition) is 3. The number of hydrogen-bond donors (Lipinski definition) is 0. The van der Waals surface area contributed by atoms with E-state index in [1.165, 1.54) is 9.87 Å². The molecule has 1 aliphatic rings. The molecule has 1 fully saturated rings. The first-order valence-corrected chi connectivity index (χ1v) is 11.1. The zero-order valence-corrected chi connectivity index (χ0v) is 17.6. The van der Waals surface area contributed by atoms with Gasteiger partial charge in [0.15, 0.2) is 0 Å². The van der Waals surface area contributed by atoms with Crippen molar-refractivity contribution < 1.29 is 13.2 Å². The summed E-state index contributed by atoms with van der Waals surface area (Å²) in [6.45, 7) is 7.48. The van der Waals surface area contributed by atoms with Crippen LogP contribution in [0.25, 0.3) is 0 Å². The lowest BCUT2D eigenvalue weighted by atomic mass is 10.1. The molecule has 0 bridgehead atoms. The van der Waals surface area contributed by atoms with E-state index in [1.807, 2.05) is 26.8 Å². The molecule has 1 amide bonds. The summed E-state index contributed by atoms with van der Waals surface area (Å²) >= 11 is 0. The van der Waals surface area contributed by atoms with Crippen molar-refractivity contribution in [2.24, 2.45) is 0 Å². The van der Waals surface area contributed by atoms with Gasteiger partial charge in [-0.2, -0.15) is 4.31 Å². The number of carbonyl (C=O) groups is 1. The van der Waals surface area contributed by atoms with E-state index in [0.717, 1.165) is 16.7 Å². The number of rotatable bonds is 5. The van der Waals surface area contributed by atoms with Crippen molar-refractivity contribution in [2.45, 2.75) is 38.5 Å². The summed E-state index contributed by atoms with van der Waals surface area (Å²) in [4.78, 5) is 14.6. The third-order valence-corrected chi connectivity index (χ3v) is 7.35.